The van der Waals surface area contributed by atoms with Crippen molar-refractivity contribution in [3.63, 3.8) is 0 Å². The molecule has 0 aromatic heterocycles. The number of rotatable bonds is 1. The molecule has 0 aromatic carbocycles. The quantitative estimate of drug-likeness (QED) is 0.445. The summed E-state index contributed by atoms with van der Waals surface area (Å²) in [5.41, 5.74) is 0.816. The predicted molar refractivity (Wildman–Crippen MR) is 49.3 cm³/mol. The summed E-state index contributed by atoms with van der Waals surface area (Å²) in [7, 11) is 1.47. The van der Waals surface area contributed by atoms with Crippen LogP contribution < -0.4 is 0 Å². The van der Waals surface area contributed by atoms with E-state index in [1.807, 2.05) is 0 Å². The lowest BCUT2D eigenvalue weighted by Gasteiger charge is -2.27. The van der Waals surface area contributed by atoms with Crippen LogP contribution in [0.25, 0.3) is 0 Å². The zero-order valence-corrected chi connectivity index (χ0v) is 8.01. The molecular formula is C10H15NO2. The van der Waals surface area contributed by atoms with Crippen molar-refractivity contribution in [2.24, 2.45) is 0 Å². The molecule has 2 aliphatic rings. The average molecular weight is 181 g/mol. The Labute approximate surface area is 78.4 Å². The highest BCUT2D eigenvalue weighted by Crippen LogP contribution is 2.41. The van der Waals surface area contributed by atoms with Crippen LogP contribution in [0.3, 0.4) is 0 Å². The maximum Gasteiger partial charge on any atom is 0.326 e. The van der Waals surface area contributed by atoms with Crippen molar-refractivity contribution in [3.8, 4) is 0 Å². The van der Waals surface area contributed by atoms with Crippen LogP contribution in [0.1, 0.15) is 19.3 Å². The van der Waals surface area contributed by atoms with Gasteiger partial charge in [-0.25, -0.2) is 0 Å². The highest BCUT2D eigenvalue weighted by atomic mass is 16.5. The summed E-state index contributed by atoms with van der Waals surface area (Å²) in [6, 6.07) is 0. The van der Waals surface area contributed by atoms with Crippen molar-refractivity contribution in [2.75, 3.05) is 20.2 Å². The summed E-state index contributed by atoms with van der Waals surface area (Å²) in [6.45, 7) is 5.83. The van der Waals surface area contributed by atoms with Gasteiger partial charge in [-0.05, 0) is 25.8 Å². The number of carbonyl (C=O) groups excluding carboxylic acids is 1. The summed E-state index contributed by atoms with van der Waals surface area (Å²) in [4.78, 5) is 13.9. The van der Waals surface area contributed by atoms with Gasteiger partial charge in [-0.2, -0.15) is 0 Å². The van der Waals surface area contributed by atoms with Gasteiger partial charge in [0.1, 0.15) is 5.54 Å². The molecule has 3 heteroatoms. The fourth-order valence-corrected chi connectivity index (χ4v) is 2.60. The van der Waals surface area contributed by atoms with Crippen molar-refractivity contribution < 1.29 is 9.53 Å². The SMILES string of the molecule is C=C1CN2CCC[C@@]2(C(=O)OC)C1. The maximum atomic E-state index is 11.7. The summed E-state index contributed by atoms with van der Waals surface area (Å²) in [5.74, 6) is -0.0800. The van der Waals surface area contributed by atoms with Gasteiger partial charge < -0.3 is 4.74 Å². The smallest absolute Gasteiger partial charge is 0.326 e. The molecule has 0 aromatic rings. The van der Waals surface area contributed by atoms with Gasteiger partial charge in [-0.3, -0.25) is 9.69 Å². The van der Waals surface area contributed by atoms with Gasteiger partial charge >= 0.3 is 5.97 Å². The molecule has 0 spiro atoms. The first kappa shape index (κ1) is 8.75. The molecule has 2 saturated heterocycles. The predicted octanol–water partition coefficient (Wildman–Crippen LogP) is 0.954. The zero-order chi connectivity index (χ0) is 9.47. The highest BCUT2D eigenvalue weighted by molar-refractivity contribution is 5.82. The lowest BCUT2D eigenvalue weighted by Crippen LogP contribution is -2.46. The molecule has 1 atom stereocenters. The molecule has 0 bridgehead atoms. The minimum Gasteiger partial charge on any atom is -0.468 e. The summed E-state index contributed by atoms with van der Waals surface area (Å²) < 4.78 is 4.87. The van der Waals surface area contributed by atoms with Crippen LogP contribution in [-0.4, -0.2) is 36.6 Å². The van der Waals surface area contributed by atoms with Crippen molar-refractivity contribution in [3.05, 3.63) is 12.2 Å². The number of methoxy groups -OCH3 is 1. The average Bonchev–Trinajstić information content (AvgIpc) is 2.59. The van der Waals surface area contributed by atoms with Gasteiger partial charge in [0.25, 0.3) is 0 Å². The summed E-state index contributed by atoms with van der Waals surface area (Å²) >= 11 is 0. The molecule has 0 N–H and O–H groups in total. The summed E-state index contributed by atoms with van der Waals surface area (Å²) in [6.07, 6.45) is 2.82. The Bertz CT molecular complexity index is 262. The van der Waals surface area contributed by atoms with E-state index in [1.54, 1.807) is 0 Å². The Morgan fingerprint density at radius 1 is 1.69 bits per heavy atom. The van der Waals surface area contributed by atoms with Crippen LogP contribution >= 0.6 is 0 Å². The van der Waals surface area contributed by atoms with Crippen molar-refractivity contribution >= 4 is 5.97 Å². The van der Waals surface area contributed by atoms with Crippen molar-refractivity contribution in [2.45, 2.75) is 24.8 Å². The molecule has 72 valence electrons. The third-order valence-corrected chi connectivity index (χ3v) is 3.15. The Balaban J connectivity index is 2.27. The second-order valence-electron chi connectivity index (χ2n) is 3.98. The topological polar surface area (TPSA) is 29.5 Å². The first-order chi connectivity index (χ1) is 6.19. The Kier molecular flexibility index (Phi) is 1.91. The standard InChI is InChI=1S/C10H15NO2/c1-8-6-10(9(12)13-2)4-3-5-11(10)7-8/h1,3-7H2,2H3/t10-/m0/s1. The second-order valence-corrected chi connectivity index (χ2v) is 3.98. The number of ether oxygens (including phenoxy) is 1. The molecular weight excluding hydrogens is 166 g/mol. The van der Waals surface area contributed by atoms with Gasteiger partial charge in [-0.15, -0.1) is 0 Å². The number of esters is 1. The van der Waals surface area contributed by atoms with Crippen molar-refractivity contribution in [1.29, 1.82) is 0 Å². The van der Waals surface area contributed by atoms with E-state index in [0.717, 1.165) is 37.9 Å². The molecule has 0 unspecified atom stereocenters. The van der Waals surface area contributed by atoms with E-state index in [1.165, 1.54) is 7.11 Å². The van der Waals surface area contributed by atoms with Gasteiger partial charge in [0.2, 0.25) is 0 Å². The van der Waals surface area contributed by atoms with E-state index < -0.39 is 0 Å². The molecule has 2 fully saturated rings. The molecule has 0 saturated carbocycles. The minimum atomic E-state index is -0.341. The van der Waals surface area contributed by atoms with E-state index in [4.69, 9.17) is 4.74 Å². The third-order valence-electron chi connectivity index (χ3n) is 3.15. The van der Waals surface area contributed by atoms with E-state index in [9.17, 15) is 4.79 Å². The van der Waals surface area contributed by atoms with E-state index >= 15 is 0 Å². The molecule has 2 heterocycles. The molecule has 2 aliphatic heterocycles. The van der Waals surface area contributed by atoms with E-state index in [-0.39, 0.29) is 11.5 Å². The van der Waals surface area contributed by atoms with Gasteiger partial charge in [0, 0.05) is 6.54 Å². The fraction of sp³-hybridized carbons (Fsp3) is 0.700. The number of nitrogens with zero attached hydrogens (tertiary/aromatic N) is 1. The normalized spacial score (nSPS) is 33.5. The monoisotopic (exact) mass is 181 g/mol. The molecule has 2 rings (SSSR count). The molecule has 0 radical (unpaired) electrons. The first-order valence-electron chi connectivity index (χ1n) is 4.69. The van der Waals surface area contributed by atoms with E-state index in [0.29, 0.717) is 0 Å². The number of fused-ring (bicyclic) bond motifs is 1. The maximum absolute atomic E-state index is 11.7. The number of carbonyl (C=O) groups is 1. The van der Waals surface area contributed by atoms with Crippen LogP contribution in [-0.2, 0) is 9.53 Å². The zero-order valence-electron chi connectivity index (χ0n) is 8.01. The van der Waals surface area contributed by atoms with E-state index in [2.05, 4.69) is 11.5 Å². The lowest BCUT2D eigenvalue weighted by atomic mass is 9.93. The minimum absolute atomic E-state index is 0.0800. The van der Waals surface area contributed by atoms with Gasteiger partial charge in [0.05, 0.1) is 7.11 Å². The van der Waals surface area contributed by atoms with Crippen LogP contribution in [0.2, 0.25) is 0 Å². The molecule has 0 amide bonds. The van der Waals surface area contributed by atoms with Crippen LogP contribution in [0.4, 0.5) is 0 Å². The number of hydrogen-bond donors (Lipinski definition) is 0. The van der Waals surface area contributed by atoms with Crippen LogP contribution in [0, 0.1) is 0 Å². The fourth-order valence-electron chi connectivity index (χ4n) is 2.60. The third kappa shape index (κ3) is 1.10. The highest BCUT2D eigenvalue weighted by Gasteiger charge is 2.52. The molecule has 0 aliphatic carbocycles. The van der Waals surface area contributed by atoms with Gasteiger partial charge in [-0.1, -0.05) is 12.2 Å². The van der Waals surface area contributed by atoms with Gasteiger partial charge in [0.15, 0.2) is 0 Å². The number of hydrogen-bond acceptors (Lipinski definition) is 3. The Morgan fingerprint density at radius 3 is 3.15 bits per heavy atom. The largest absolute Gasteiger partial charge is 0.468 e. The lowest BCUT2D eigenvalue weighted by molar-refractivity contribution is -0.151. The molecule has 13 heavy (non-hydrogen) atoms. The Morgan fingerprint density at radius 2 is 2.46 bits per heavy atom. The first-order valence-corrected chi connectivity index (χ1v) is 4.69. The Hall–Kier alpha value is -0.830. The van der Waals surface area contributed by atoms with Crippen LogP contribution in [0.5, 0.6) is 0 Å². The van der Waals surface area contributed by atoms with Crippen molar-refractivity contribution in [1.82, 2.24) is 4.90 Å². The van der Waals surface area contributed by atoms with Crippen LogP contribution in [0.15, 0.2) is 12.2 Å². The molecule has 3 nitrogen and oxygen atoms in total. The summed E-state index contributed by atoms with van der Waals surface area (Å²) in [5, 5.41) is 0. The second kappa shape index (κ2) is 2.84.